The molecule has 0 fully saturated rings. The van der Waals surface area contributed by atoms with E-state index in [2.05, 4.69) is 160 Å². The zero-order valence-electron chi connectivity index (χ0n) is 24.5. The maximum absolute atomic E-state index is 6.14. The van der Waals surface area contributed by atoms with Crippen LogP contribution < -0.4 is 0 Å². The lowest BCUT2D eigenvalue weighted by Crippen LogP contribution is -1.93. The smallest absolute Gasteiger partial charge is 0.138 e. The van der Waals surface area contributed by atoms with E-state index in [4.69, 9.17) is 4.42 Å². The van der Waals surface area contributed by atoms with Crippen LogP contribution in [-0.4, -0.2) is 4.57 Å². The molecule has 0 saturated carbocycles. The van der Waals surface area contributed by atoms with Gasteiger partial charge in [-0.2, -0.15) is 0 Å². The van der Waals surface area contributed by atoms with Crippen molar-refractivity contribution in [2.75, 3.05) is 0 Å². The number of para-hydroxylation sites is 2. The van der Waals surface area contributed by atoms with Crippen LogP contribution in [0.5, 0.6) is 0 Å². The molecule has 0 amide bonds. The Bertz CT molecular complexity index is 2200. The zero-order chi connectivity index (χ0) is 28.8. The molecule has 204 valence electrons. The molecule has 0 bridgehead atoms. The Morgan fingerprint density at radius 1 is 0.452 bits per heavy atom. The Hall–Kier alpha value is -5.08. The van der Waals surface area contributed by atoms with Crippen molar-refractivity contribution in [2.45, 2.75) is 27.7 Å². The molecule has 0 radical (unpaired) electrons. The van der Waals surface area contributed by atoms with Crippen molar-refractivity contribution in [1.29, 1.82) is 0 Å². The van der Waals surface area contributed by atoms with Crippen LogP contribution in [0.2, 0.25) is 0 Å². The second-order valence-electron chi connectivity index (χ2n) is 11.2. The first-order valence-electron chi connectivity index (χ1n) is 14.5. The van der Waals surface area contributed by atoms with Crippen LogP contribution in [0.3, 0.4) is 0 Å². The molecule has 0 aliphatic carbocycles. The lowest BCUT2D eigenvalue weighted by Gasteiger charge is -2.08. The van der Waals surface area contributed by atoms with E-state index in [9.17, 15) is 0 Å². The highest BCUT2D eigenvalue weighted by atomic mass is 16.3. The number of aryl methyl sites for hydroxylation is 4. The summed E-state index contributed by atoms with van der Waals surface area (Å²) in [5.41, 5.74) is 13.3. The fraction of sp³-hybridized carbons (Fsp3) is 0.100. The first kappa shape index (κ1) is 25.9. The fourth-order valence-corrected chi connectivity index (χ4v) is 6.18. The summed E-state index contributed by atoms with van der Waals surface area (Å²) in [6.45, 7) is 8.56. The van der Waals surface area contributed by atoms with Gasteiger partial charge in [-0.3, -0.25) is 0 Å². The topological polar surface area (TPSA) is 18.1 Å². The minimum atomic E-state index is 0.935. The average molecular weight is 544 g/mol. The molecule has 2 aromatic heterocycles. The van der Waals surface area contributed by atoms with E-state index in [1.807, 2.05) is 0 Å². The minimum absolute atomic E-state index is 0.935. The highest BCUT2D eigenvalue weighted by Gasteiger charge is 2.14. The third kappa shape index (κ3) is 4.37. The van der Waals surface area contributed by atoms with Crippen molar-refractivity contribution in [3.8, 4) is 16.8 Å². The first-order chi connectivity index (χ1) is 20.5. The van der Waals surface area contributed by atoms with Gasteiger partial charge in [0.05, 0.1) is 11.0 Å². The summed E-state index contributed by atoms with van der Waals surface area (Å²) in [5.74, 6) is 0. The predicted molar refractivity (Wildman–Crippen MR) is 179 cm³/mol. The lowest BCUT2D eigenvalue weighted by molar-refractivity contribution is 0.665. The summed E-state index contributed by atoms with van der Waals surface area (Å²) in [7, 11) is 0. The standard InChI is InChI=1S/C26H19NO.C14H14/c1-16-10-12-24-21(14-16)19-7-3-4-9-23(19)27(24)18-11-13-25-22(15-18)20-8-5-6-17(2)26(20)28-25;1-11-7-3-5-9-13(11)14-10-6-4-8-12(14)2/h3-15H,1-2H3;3-10H,1-2H3. The van der Waals surface area contributed by atoms with Gasteiger partial charge in [0, 0.05) is 27.2 Å². The summed E-state index contributed by atoms with van der Waals surface area (Å²) in [5, 5.41) is 4.92. The molecule has 0 spiro atoms. The molecule has 2 nitrogen and oxygen atoms in total. The van der Waals surface area contributed by atoms with E-state index in [1.165, 1.54) is 60.6 Å². The largest absolute Gasteiger partial charge is 0.456 e. The van der Waals surface area contributed by atoms with Crippen LogP contribution in [0.15, 0.2) is 132 Å². The van der Waals surface area contributed by atoms with E-state index in [1.54, 1.807) is 0 Å². The van der Waals surface area contributed by atoms with Gasteiger partial charge in [0.2, 0.25) is 0 Å². The van der Waals surface area contributed by atoms with Gasteiger partial charge in [0.25, 0.3) is 0 Å². The summed E-state index contributed by atoms with van der Waals surface area (Å²) in [4.78, 5) is 0. The van der Waals surface area contributed by atoms with E-state index >= 15 is 0 Å². The molecule has 8 rings (SSSR count). The lowest BCUT2D eigenvalue weighted by atomic mass is 9.97. The Balaban J connectivity index is 0.000000174. The molecule has 0 unspecified atom stereocenters. The number of rotatable bonds is 2. The van der Waals surface area contributed by atoms with Crippen molar-refractivity contribution in [3.05, 3.63) is 150 Å². The molecule has 0 aliphatic heterocycles. The molecule has 0 N–H and O–H groups in total. The third-order valence-electron chi connectivity index (χ3n) is 8.34. The highest BCUT2D eigenvalue weighted by molar-refractivity contribution is 6.11. The highest BCUT2D eigenvalue weighted by Crippen LogP contribution is 2.36. The van der Waals surface area contributed by atoms with Gasteiger partial charge in [-0.05, 0) is 91.9 Å². The normalized spacial score (nSPS) is 11.3. The van der Waals surface area contributed by atoms with Crippen LogP contribution in [0.1, 0.15) is 22.3 Å². The van der Waals surface area contributed by atoms with E-state index in [0.29, 0.717) is 0 Å². The zero-order valence-corrected chi connectivity index (χ0v) is 24.5. The van der Waals surface area contributed by atoms with Crippen LogP contribution >= 0.6 is 0 Å². The minimum Gasteiger partial charge on any atom is -0.456 e. The second-order valence-corrected chi connectivity index (χ2v) is 11.2. The van der Waals surface area contributed by atoms with Crippen LogP contribution in [0.4, 0.5) is 0 Å². The monoisotopic (exact) mass is 543 g/mol. The van der Waals surface area contributed by atoms with Crippen LogP contribution in [0, 0.1) is 27.7 Å². The molecular weight excluding hydrogens is 510 g/mol. The molecule has 0 atom stereocenters. The first-order valence-corrected chi connectivity index (χ1v) is 14.5. The molecule has 0 aliphatic rings. The Morgan fingerprint density at radius 2 is 1.07 bits per heavy atom. The number of fused-ring (bicyclic) bond motifs is 6. The number of furan rings is 1. The van der Waals surface area contributed by atoms with E-state index < -0.39 is 0 Å². The summed E-state index contributed by atoms with van der Waals surface area (Å²) < 4.78 is 8.50. The summed E-state index contributed by atoms with van der Waals surface area (Å²) >= 11 is 0. The quantitative estimate of drug-likeness (QED) is 0.212. The van der Waals surface area contributed by atoms with Gasteiger partial charge in [0.1, 0.15) is 11.2 Å². The van der Waals surface area contributed by atoms with Crippen molar-refractivity contribution in [3.63, 3.8) is 0 Å². The molecule has 6 aromatic carbocycles. The van der Waals surface area contributed by atoms with Crippen molar-refractivity contribution in [2.24, 2.45) is 0 Å². The van der Waals surface area contributed by atoms with E-state index in [-0.39, 0.29) is 0 Å². The third-order valence-corrected chi connectivity index (χ3v) is 8.34. The van der Waals surface area contributed by atoms with Crippen molar-refractivity contribution in [1.82, 2.24) is 4.57 Å². The Kier molecular flexibility index (Phi) is 6.40. The molecular formula is C40H33NO. The number of benzene rings is 6. The Labute approximate surface area is 246 Å². The predicted octanol–water partition coefficient (Wildman–Crippen LogP) is 11.3. The van der Waals surface area contributed by atoms with Gasteiger partial charge in [-0.25, -0.2) is 0 Å². The number of hydrogen-bond donors (Lipinski definition) is 0. The van der Waals surface area contributed by atoms with Gasteiger partial charge in [-0.1, -0.05) is 96.6 Å². The van der Waals surface area contributed by atoms with Gasteiger partial charge in [-0.15, -0.1) is 0 Å². The average Bonchev–Trinajstić information content (AvgIpc) is 3.54. The van der Waals surface area contributed by atoms with E-state index in [0.717, 1.165) is 22.2 Å². The molecule has 2 heteroatoms. The van der Waals surface area contributed by atoms with Gasteiger partial charge in [0.15, 0.2) is 0 Å². The van der Waals surface area contributed by atoms with Gasteiger partial charge >= 0.3 is 0 Å². The SMILES string of the molecule is Cc1ccc2c(c1)c1ccccc1n2-c1ccc2oc3c(C)cccc3c2c1.Cc1ccccc1-c1ccccc1C. The van der Waals surface area contributed by atoms with Crippen molar-refractivity contribution >= 4 is 43.7 Å². The number of nitrogens with zero attached hydrogens (tertiary/aromatic N) is 1. The number of aromatic nitrogens is 1. The summed E-state index contributed by atoms with van der Waals surface area (Å²) in [6, 6.07) is 45.2. The van der Waals surface area contributed by atoms with Crippen LogP contribution in [-0.2, 0) is 0 Å². The maximum Gasteiger partial charge on any atom is 0.138 e. The molecule has 42 heavy (non-hydrogen) atoms. The van der Waals surface area contributed by atoms with Crippen LogP contribution in [0.25, 0.3) is 60.6 Å². The number of hydrogen-bond acceptors (Lipinski definition) is 1. The van der Waals surface area contributed by atoms with Crippen molar-refractivity contribution < 1.29 is 4.42 Å². The molecule has 8 aromatic rings. The fourth-order valence-electron chi connectivity index (χ4n) is 6.18. The Morgan fingerprint density at radius 3 is 1.81 bits per heavy atom. The second kappa shape index (κ2) is 10.4. The molecule has 2 heterocycles. The summed E-state index contributed by atoms with van der Waals surface area (Å²) in [6.07, 6.45) is 0. The molecule has 0 saturated heterocycles. The van der Waals surface area contributed by atoms with Gasteiger partial charge < -0.3 is 8.98 Å². The maximum atomic E-state index is 6.14.